The third kappa shape index (κ3) is 3.19. The number of rotatable bonds is 2. The third-order valence-electron chi connectivity index (χ3n) is 2.14. The topological polar surface area (TPSA) is 52.3 Å². The van der Waals surface area contributed by atoms with Gasteiger partial charge in [0, 0.05) is 11.0 Å². The van der Waals surface area contributed by atoms with Crippen LogP contribution in [0, 0.1) is 5.41 Å². The number of carbonyl (C=O) groups is 1. The molecule has 0 aliphatic carbocycles. The fraction of sp³-hybridized carbons (Fsp3) is 0.700. The van der Waals surface area contributed by atoms with Gasteiger partial charge in [-0.05, 0) is 13.8 Å². The van der Waals surface area contributed by atoms with Crippen LogP contribution in [0.2, 0.25) is 0 Å². The average molecular weight is 185 g/mol. The fourth-order valence-electron chi connectivity index (χ4n) is 0.433. The van der Waals surface area contributed by atoms with Crippen molar-refractivity contribution in [3.63, 3.8) is 0 Å². The largest absolute Gasteiger partial charge is 0.441 e. The van der Waals surface area contributed by atoms with E-state index in [1.165, 1.54) is 0 Å². The molecule has 0 amide bonds. The molecule has 13 heavy (non-hydrogen) atoms. The molecule has 0 aromatic heterocycles. The van der Waals surface area contributed by atoms with Gasteiger partial charge < -0.3 is 4.74 Å². The molecule has 3 heteroatoms. The molecule has 0 aromatic carbocycles. The predicted octanol–water partition coefficient (Wildman–Crippen LogP) is 1.83. The number of ether oxygens (including phenoxy) is 1. The molecule has 0 saturated heterocycles. The molecule has 3 nitrogen and oxygen atoms in total. The zero-order valence-corrected chi connectivity index (χ0v) is 9.10. The van der Waals surface area contributed by atoms with Crippen molar-refractivity contribution in [1.82, 2.24) is 0 Å². The van der Waals surface area contributed by atoms with Crippen molar-refractivity contribution in [2.24, 2.45) is 11.1 Å². The lowest BCUT2D eigenvalue weighted by Gasteiger charge is -2.37. The first-order valence-electron chi connectivity index (χ1n) is 4.25. The first-order valence-corrected chi connectivity index (χ1v) is 4.25. The minimum atomic E-state index is -0.969. The first kappa shape index (κ1) is 12.2. The van der Waals surface area contributed by atoms with E-state index < -0.39 is 11.7 Å². The predicted molar refractivity (Wildman–Crippen MR) is 53.0 cm³/mol. The monoisotopic (exact) mass is 185 g/mol. The molecular formula is C10H19NO2. The lowest BCUT2D eigenvalue weighted by Crippen LogP contribution is -2.52. The van der Waals surface area contributed by atoms with Gasteiger partial charge in [-0.3, -0.25) is 5.73 Å². The van der Waals surface area contributed by atoms with Gasteiger partial charge in [0.2, 0.25) is 0 Å². The number of nitrogens with two attached hydrogens (primary N) is 1. The zero-order chi connectivity index (χ0) is 10.9. The molecule has 0 bridgehead atoms. The standard InChI is InChI=1S/C10H19NO2/c1-7(2)8(12)13-10(6,11)9(3,4)5/h1,11H2,2-6H3. The molecule has 0 aliphatic heterocycles. The molecule has 0 spiro atoms. The van der Waals surface area contributed by atoms with Crippen molar-refractivity contribution in [2.45, 2.75) is 40.3 Å². The van der Waals surface area contributed by atoms with Crippen molar-refractivity contribution in [1.29, 1.82) is 0 Å². The number of hydrogen-bond donors (Lipinski definition) is 1. The summed E-state index contributed by atoms with van der Waals surface area (Å²) in [5.41, 5.74) is 4.95. The van der Waals surface area contributed by atoms with E-state index in [4.69, 9.17) is 10.5 Å². The number of carbonyl (C=O) groups excluding carboxylic acids is 1. The smallest absolute Gasteiger partial charge is 0.334 e. The van der Waals surface area contributed by atoms with Gasteiger partial charge >= 0.3 is 5.97 Å². The van der Waals surface area contributed by atoms with E-state index in [1.54, 1.807) is 13.8 Å². The van der Waals surface area contributed by atoms with Crippen molar-refractivity contribution < 1.29 is 9.53 Å². The van der Waals surface area contributed by atoms with Crippen molar-refractivity contribution in [3.8, 4) is 0 Å². The maximum atomic E-state index is 11.2. The van der Waals surface area contributed by atoms with Gasteiger partial charge in [0.05, 0.1) is 0 Å². The Kier molecular flexibility index (Phi) is 3.28. The quantitative estimate of drug-likeness (QED) is 0.405. The molecule has 1 atom stereocenters. The summed E-state index contributed by atoms with van der Waals surface area (Å²) in [6.45, 7) is 12.5. The summed E-state index contributed by atoms with van der Waals surface area (Å²) in [5.74, 6) is -0.445. The Hall–Kier alpha value is -0.830. The summed E-state index contributed by atoms with van der Waals surface area (Å²) in [7, 11) is 0. The van der Waals surface area contributed by atoms with Crippen LogP contribution in [0.25, 0.3) is 0 Å². The molecule has 0 radical (unpaired) electrons. The van der Waals surface area contributed by atoms with E-state index >= 15 is 0 Å². The highest BCUT2D eigenvalue weighted by atomic mass is 16.6. The normalized spacial score (nSPS) is 16.2. The SMILES string of the molecule is C=C(C)C(=O)OC(C)(N)C(C)(C)C. The minimum Gasteiger partial charge on any atom is -0.441 e. The van der Waals surface area contributed by atoms with Crippen LogP contribution in [0.15, 0.2) is 12.2 Å². The molecule has 0 rings (SSSR count). The first-order chi connectivity index (χ1) is 5.58. The maximum Gasteiger partial charge on any atom is 0.334 e. The molecule has 0 fully saturated rings. The molecule has 0 heterocycles. The Morgan fingerprint density at radius 3 is 1.92 bits per heavy atom. The Morgan fingerprint density at radius 2 is 1.69 bits per heavy atom. The van der Waals surface area contributed by atoms with Crippen LogP contribution >= 0.6 is 0 Å². The number of esters is 1. The second-order valence-corrected chi connectivity index (χ2v) is 4.53. The lowest BCUT2D eigenvalue weighted by atomic mass is 9.85. The molecule has 0 aliphatic rings. The molecular weight excluding hydrogens is 166 g/mol. The van der Waals surface area contributed by atoms with E-state index in [1.807, 2.05) is 20.8 Å². The van der Waals surface area contributed by atoms with Crippen molar-refractivity contribution >= 4 is 5.97 Å². The number of hydrogen-bond acceptors (Lipinski definition) is 3. The lowest BCUT2D eigenvalue weighted by molar-refractivity contribution is -0.164. The van der Waals surface area contributed by atoms with Gasteiger partial charge in [-0.25, -0.2) is 4.79 Å². The van der Waals surface area contributed by atoms with Crippen LogP contribution < -0.4 is 5.73 Å². The van der Waals surface area contributed by atoms with E-state index in [0.717, 1.165) is 0 Å². The maximum absolute atomic E-state index is 11.2. The molecule has 76 valence electrons. The minimum absolute atomic E-state index is 0.294. The van der Waals surface area contributed by atoms with E-state index in [9.17, 15) is 4.79 Å². The van der Waals surface area contributed by atoms with Gasteiger partial charge in [0.25, 0.3) is 0 Å². The third-order valence-corrected chi connectivity index (χ3v) is 2.14. The molecule has 2 N–H and O–H groups in total. The highest BCUT2D eigenvalue weighted by Gasteiger charge is 2.37. The van der Waals surface area contributed by atoms with Crippen LogP contribution in [0.4, 0.5) is 0 Å². The Bertz CT molecular complexity index is 224. The van der Waals surface area contributed by atoms with Crippen LogP contribution in [0.5, 0.6) is 0 Å². The summed E-state index contributed by atoms with van der Waals surface area (Å²) >= 11 is 0. The highest BCUT2D eigenvalue weighted by molar-refractivity contribution is 5.87. The van der Waals surface area contributed by atoms with Crippen LogP contribution in [0.1, 0.15) is 34.6 Å². The average Bonchev–Trinajstić information content (AvgIpc) is 1.83. The highest BCUT2D eigenvalue weighted by Crippen LogP contribution is 2.29. The van der Waals surface area contributed by atoms with Crippen LogP contribution in [-0.2, 0) is 9.53 Å². The molecule has 0 aromatic rings. The van der Waals surface area contributed by atoms with Crippen molar-refractivity contribution in [2.75, 3.05) is 0 Å². The summed E-state index contributed by atoms with van der Waals surface area (Å²) in [5, 5.41) is 0. The Morgan fingerprint density at radius 1 is 1.31 bits per heavy atom. The van der Waals surface area contributed by atoms with Crippen LogP contribution in [0.3, 0.4) is 0 Å². The molecule has 1 unspecified atom stereocenters. The molecule has 0 saturated carbocycles. The Labute approximate surface area is 79.9 Å². The second-order valence-electron chi connectivity index (χ2n) is 4.53. The zero-order valence-electron chi connectivity index (χ0n) is 9.10. The van der Waals surface area contributed by atoms with E-state index in [-0.39, 0.29) is 5.41 Å². The van der Waals surface area contributed by atoms with Gasteiger partial charge in [-0.15, -0.1) is 0 Å². The van der Waals surface area contributed by atoms with Crippen LogP contribution in [-0.4, -0.2) is 11.7 Å². The summed E-state index contributed by atoms with van der Waals surface area (Å²) in [4.78, 5) is 11.2. The summed E-state index contributed by atoms with van der Waals surface area (Å²) < 4.78 is 5.10. The second kappa shape index (κ2) is 3.50. The van der Waals surface area contributed by atoms with Gasteiger partial charge in [-0.1, -0.05) is 27.4 Å². The van der Waals surface area contributed by atoms with E-state index in [2.05, 4.69) is 6.58 Å². The van der Waals surface area contributed by atoms with Gasteiger partial charge in [-0.2, -0.15) is 0 Å². The summed E-state index contributed by atoms with van der Waals surface area (Å²) in [6, 6.07) is 0. The summed E-state index contributed by atoms with van der Waals surface area (Å²) in [6.07, 6.45) is 0. The fourth-order valence-corrected chi connectivity index (χ4v) is 0.433. The Balaban J connectivity index is 4.53. The van der Waals surface area contributed by atoms with Gasteiger partial charge in [0.15, 0.2) is 5.72 Å². The van der Waals surface area contributed by atoms with Gasteiger partial charge in [0.1, 0.15) is 0 Å². The van der Waals surface area contributed by atoms with Crippen molar-refractivity contribution in [3.05, 3.63) is 12.2 Å². The van der Waals surface area contributed by atoms with E-state index in [0.29, 0.717) is 5.57 Å².